The molecule has 1 aliphatic heterocycles. The van der Waals surface area contributed by atoms with Gasteiger partial charge in [0.15, 0.2) is 0 Å². The summed E-state index contributed by atoms with van der Waals surface area (Å²) >= 11 is 0. The monoisotopic (exact) mass is 269 g/mol. The minimum atomic E-state index is 0.715. The Morgan fingerprint density at radius 2 is 2.25 bits per heavy atom. The normalized spacial score (nSPS) is 24.9. The number of nitrogens with zero attached hydrogens (tertiary/aromatic N) is 2. The van der Waals surface area contributed by atoms with Crippen LogP contribution in [0.5, 0.6) is 0 Å². The molecule has 20 heavy (non-hydrogen) atoms. The van der Waals surface area contributed by atoms with Gasteiger partial charge in [-0.05, 0) is 67.8 Å². The van der Waals surface area contributed by atoms with Gasteiger partial charge in [0.25, 0.3) is 0 Å². The van der Waals surface area contributed by atoms with Crippen molar-refractivity contribution in [3.8, 4) is 0 Å². The molecular formula is C17H23N3. The zero-order valence-corrected chi connectivity index (χ0v) is 12.4. The minimum absolute atomic E-state index is 0.715. The summed E-state index contributed by atoms with van der Waals surface area (Å²) in [6, 6.07) is 4.81. The van der Waals surface area contributed by atoms with Crippen LogP contribution in [0, 0.1) is 12.8 Å². The highest BCUT2D eigenvalue weighted by Crippen LogP contribution is 2.38. The maximum Gasteiger partial charge on any atom is 0.106 e. The zero-order valence-electron chi connectivity index (χ0n) is 12.4. The molecule has 2 aliphatic rings. The highest BCUT2D eigenvalue weighted by Gasteiger charge is 2.30. The van der Waals surface area contributed by atoms with E-state index in [1.54, 1.807) is 11.1 Å². The van der Waals surface area contributed by atoms with E-state index in [-0.39, 0.29) is 0 Å². The summed E-state index contributed by atoms with van der Waals surface area (Å²) < 4.78 is 2.39. The van der Waals surface area contributed by atoms with E-state index >= 15 is 0 Å². The molecule has 4 rings (SSSR count). The fourth-order valence-corrected chi connectivity index (χ4v) is 4.15. The molecule has 1 fully saturated rings. The summed E-state index contributed by atoms with van der Waals surface area (Å²) in [6.45, 7) is 7.79. The quantitative estimate of drug-likeness (QED) is 0.908. The van der Waals surface area contributed by atoms with E-state index in [2.05, 4.69) is 35.9 Å². The molecule has 0 saturated carbocycles. The van der Waals surface area contributed by atoms with Crippen LogP contribution in [0.15, 0.2) is 12.1 Å². The van der Waals surface area contributed by atoms with E-state index in [9.17, 15) is 0 Å². The molecule has 1 aliphatic carbocycles. The third-order valence-electron chi connectivity index (χ3n) is 5.04. The average molecular weight is 269 g/mol. The van der Waals surface area contributed by atoms with Crippen LogP contribution in [-0.2, 0) is 13.0 Å². The van der Waals surface area contributed by atoms with Crippen molar-refractivity contribution in [3.05, 3.63) is 29.1 Å². The Morgan fingerprint density at radius 1 is 1.35 bits per heavy atom. The fourth-order valence-electron chi connectivity index (χ4n) is 4.15. The summed E-state index contributed by atoms with van der Waals surface area (Å²) in [6.07, 6.45) is 3.76. The molecule has 3 nitrogen and oxygen atoms in total. The second kappa shape index (κ2) is 4.59. The molecule has 0 amide bonds. The molecule has 1 aromatic carbocycles. The van der Waals surface area contributed by atoms with Gasteiger partial charge < -0.3 is 9.88 Å². The first-order valence-corrected chi connectivity index (χ1v) is 7.96. The van der Waals surface area contributed by atoms with Gasteiger partial charge in [-0.1, -0.05) is 6.92 Å². The van der Waals surface area contributed by atoms with E-state index in [0.29, 0.717) is 5.92 Å². The van der Waals surface area contributed by atoms with Crippen LogP contribution in [0.25, 0.3) is 11.0 Å². The van der Waals surface area contributed by atoms with Crippen molar-refractivity contribution in [3.63, 3.8) is 0 Å². The lowest BCUT2D eigenvalue weighted by atomic mass is 9.74. The highest BCUT2D eigenvalue weighted by atomic mass is 15.1. The van der Waals surface area contributed by atoms with Gasteiger partial charge in [0.1, 0.15) is 5.82 Å². The third-order valence-corrected chi connectivity index (χ3v) is 5.04. The summed E-state index contributed by atoms with van der Waals surface area (Å²) in [5.74, 6) is 2.70. The van der Waals surface area contributed by atoms with Crippen LogP contribution in [0.4, 0.5) is 0 Å². The van der Waals surface area contributed by atoms with Crippen LogP contribution in [0.1, 0.15) is 42.6 Å². The topological polar surface area (TPSA) is 29.9 Å². The number of imidazole rings is 1. The van der Waals surface area contributed by atoms with Gasteiger partial charge in [-0.3, -0.25) is 0 Å². The number of hydrogen-bond donors (Lipinski definition) is 1. The van der Waals surface area contributed by atoms with Crippen molar-refractivity contribution in [2.24, 2.45) is 5.92 Å². The van der Waals surface area contributed by atoms with Crippen molar-refractivity contribution >= 4 is 11.0 Å². The SMILES string of the molecule is CCCn1c(C)nc2cc3c(cc21)C1CNCC(C3)C1. The third kappa shape index (κ3) is 1.80. The standard InChI is InChI=1S/C17H23N3/c1-3-4-20-11(2)19-16-7-13-5-12-6-14(10-18-9-12)15(13)8-17(16)20/h7-8,12,14,18H,3-6,9-10H2,1-2H3. The number of hydrogen-bond acceptors (Lipinski definition) is 2. The van der Waals surface area contributed by atoms with E-state index in [1.807, 2.05) is 0 Å². The van der Waals surface area contributed by atoms with Crippen molar-refractivity contribution < 1.29 is 0 Å². The molecule has 3 heteroatoms. The maximum absolute atomic E-state index is 4.78. The van der Waals surface area contributed by atoms with Crippen molar-refractivity contribution in [2.75, 3.05) is 13.1 Å². The van der Waals surface area contributed by atoms with Crippen LogP contribution in [0.3, 0.4) is 0 Å². The van der Waals surface area contributed by atoms with Gasteiger partial charge in [0, 0.05) is 13.1 Å². The molecule has 2 aromatic rings. The predicted octanol–water partition coefficient (Wildman–Crippen LogP) is 3.00. The fraction of sp³-hybridized carbons (Fsp3) is 0.588. The van der Waals surface area contributed by atoms with E-state index in [1.165, 1.54) is 30.4 Å². The Bertz CT molecular complexity index is 656. The molecule has 2 bridgehead atoms. The van der Waals surface area contributed by atoms with Crippen LogP contribution in [0.2, 0.25) is 0 Å². The number of piperidine rings is 1. The van der Waals surface area contributed by atoms with Gasteiger partial charge in [-0.25, -0.2) is 4.98 Å². The lowest BCUT2D eigenvalue weighted by Crippen LogP contribution is -2.39. The Balaban J connectivity index is 1.89. The largest absolute Gasteiger partial charge is 0.328 e. The Labute approximate surface area is 120 Å². The number of nitrogens with one attached hydrogen (secondary N) is 1. The molecule has 1 saturated heterocycles. The molecule has 2 heterocycles. The summed E-state index contributed by atoms with van der Waals surface area (Å²) in [5, 5.41) is 3.60. The van der Waals surface area contributed by atoms with Crippen LogP contribution in [-0.4, -0.2) is 22.6 Å². The molecule has 1 aromatic heterocycles. The van der Waals surface area contributed by atoms with Gasteiger partial charge in [0.05, 0.1) is 11.0 Å². The Hall–Kier alpha value is -1.35. The summed E-state index contributed by atoms with van der Waals surface area (Å²) in [4.78, 5) is 4.78. The summed E-state index contributed by atoms with van der Waals surface area (Å²) in [7, 11) is 0. The Kier molecular flexibility index (Phi) is 2.84. The van der Waals surface area contributed by atoms with Gasteiger partial charge >= 0.3 is 0 Å². The zero-order chi connectivity index (χ0) is 13.7. The lowest BCUT2D eigenvalue weighted by molar-refractivity contribution is 0.318. The van der Waals surface area contributed by atoms with Crippen molar-refractivity contribution in [2.45, 2.75) is 45.6 Å². The van der Waals surface area contributed by atoms with E-state index < -0.39 is 0 Å². The molecule has 2 atom stereocenters. The average Bonchev–Trinajstić information content (AvgIpc) is 2.74. The van der Waals surface area contributed by atoms with Crippen molar-refractivity contribution in [1.29, 1.82) is 0 Å². The van der Waals surface area contributed by atoms with Gasteiger partial charge in [-0.15, -0.1) is 0 Å². The molecule has 106 valence electrons. The van der Waals surface area contributed by atoms with Gasteiger partial charge in [-0.2, -0.15) is 0 Å². The highest BCUT2D eigenvalue weighted by molar-refractivity contribution is 5.78. The van der Waals surface area contributed by atoms with Crippen LogP contribution < -0.4 is 5.32 Å². The lowest BCUT2D eigenvalue weighted by Gasteiger charge is -2.36. The van der Waals surface area contributed by atoms with Crippen LogP contribution >= 0.6 is 0 Å². The number of aromatic nitrogens is 2. The first-order chi connectivity index (χ1) is 9.76. The minimum Gasteiger partial charge on any atom is -0.328 e. The summed E-state index contributed by atoms with van der Waals surface area (Å²) in [5.41, 5.74) is 5.68. The van der Waals surface area contributed by atoms with Crippen molar-refractivity contribution in [1.82, 2.24) is 14.9 Å². The first kappa shape index (κ1) is 12.4. The molecule has 0 spiro atoms. The maximum atomic E-state index is 4.78. The smallest absolute Gasteiger partial charge is 0.106 e. The van der Waals surface area contributed by atoms with Gasteiger partial charge in [0.2, 0.25) is 0 Å². The van der Waals surface area contributed by atoms with E-state index in [0.717, 1.165) is 31.3 Å². The number of fused-ring (bicyclic) bond motifs is 5. The first-order valence-electron chi connectivity index (χ1n) is 7.96. The number of benzene rings is 1. The number of aryl methyl sites for hydroxylation is 2. The molecule has 2 unspecified atom stereocenters. The molecule has 0 radical (unpaired) electrons. The Morgan fingerprint density at radius 3 is 3.10 bits per heavy atom. The molecular weight excluding hydrogens is 246 g/mol. The molecule has 1 N–H and O–H groups in total. The van der Waals surface area contributed by atoms with E-state index in [4.69, 9.17) is 4.98 Å². The predicted molar refractivity (Wildman–Crippen MR) is 82.2 cm³/mol. The number of rotatable bonds is 2. The second-order valence-electron chi connectivity index (χ2n) is 6.51. The second-order valence-corrected chi connectivity index (χ2v) is 6.51.